The number of rotatable bonds is 11. The molecule has 0 amide bonds. The van der Waals surface area contributed by atoms with Gasteiger partial charge in [0.1, 0.15) is 0 Å². The van der Waals surface area contributed by atoms with Gasteiger partial charge in [0.25, 0.3) is 0 Å². The molecule has 2 saturated carbocycles. The number of anilines is 2. The van der Waals surface area contributed by atoms with Crippen LogP contribution in [-0.2, 0) is 0 Å². The quantitative estimate of drug-likeness (QED) is 0.371. The number of nitrogens with zero attached hydrogens (tertiary/aromatic N) is 6. The van der Waals surface area contributed by atoms with E-state index >= 15 is 0 Å². The van der Waals surface area contributed by atoms with E-state index in [0.29, 0.717) is 18.1 Å². The second kappa shape index (κ2) is 12.7. The van der Waals surface area contributed by atoms with Gasteiger partial charge in [-0.3, -0.25) is 0 Å². The Hall–Kier alpha value is -1.97. The molecular weight excluding hydrogens is 462 g/mol. The van der Waals surface area contributed by atoms with Crippen LogP contribution in [0.4, 0.5) is 11.8 Å². The van der Waals surface area contributed by atoms with Crippen LogP contribution in [0, 0.1) is 5.92 Å². The minimum atomic E-state index is 0.337. The Balaban J connectivity index is 1.23. The number of nitrogens with one attached hydrogen (secondary N) is 2. The van der Waals surface area contributed by atoms with Gasteiger partial charge in [0, 0.05) is 31.2 Å². The van der Waals surface area contributed by atoms with Crippen molar-refractivity contribution in [1.29, 1.82) is 0 Å². The fourth-order valence-corrected chi connectivity index (χ4v) is 6.48. The van der Waals surface area contributed by atoms with Crippen molar-refractivity contribution >= 4 is 22.9 Å². The summed E-state index contributed by atoms with van der Waals surface area (Å²) < 4.78 is 2.31. The third-order valence-electron chi connectivity index (χ3n) is 8.84. The van der Waals surface area contributed by atoms with Crippen LogP contribution in [0.3, 0.4) is 0 Å². The molecule has 0 bridgehead atoms. The molecule has 1 saturated heterocycles. The first-order valence-corrected chi connectivity index (χ1v) is 15.0. The summed E-state index contributed by atoms with van der Waals surface area (Å²) >= 11 is 0. The highest BCUT2D eigenvalue weighted by atomic mass is 15.5. The Morgan fingerprint density at radius 2 is 1.70 bits per heavy atom. The van der Waals surface area contributed by atoms with Gasteiger partial charge in [0.05, 0.1) is 6.33 Å². The van der Waals surface area contributed by atoms with Crippen molar-refractivity contribution in [3.05, 3.63) is 6.33 Å². The summed E-state index contributed by atoms with van der Waals surface area (Å²) in [6, 6.07) is 1.23. The Labute approximate surface area is 222 Å². The maximum atomic E-state index is 6.14. The second-order valence-electron chi connectivity index (χ2n) is 12.1. The molecule has 3 fully saturated rings. The van der Waals surface area contributed by atoms with Gasteiger partial charge in [-0.05, 0) is 84.3 Å². The number of unbranched alkanes of at least 4 members (excludes halogenated alkanes) is 2. The van der Waals surface area contributed by atoms with Crippen molar-refractivity contribution in [2.75, 3.05) is 44.5 Å². The van der Waals surface area contributed by atoms with E-state index < -0.39 is 0 Å². The first-order chi connectivity index (χ1) is 18.0. The summed E-state index contributed by atoms with van der Waals surface area (Å²) in [6.07, 6.45) is 19.2. The van der Waals surface area contributed by atoms with Gasteiger partial charge in [-0.15, -0.1) is 0 Å². The van der Waals surface area contributed by atoms with Gasteiger partial charge in [-0.1, -0.05) is 32.1 Å². The lowest BCUT2D eigenvalue weighted by molar-refractivity contribution is 0.206. The zero-order valence-electron chi connectivity index (χ0n) is 23.2. The van der Waals surface area contributed by atoms with E-state index in [1.807, 2.05) is 6.33 Å². The van der Waals surface area contributed by atoms with Crippen LogP contribution in [-0.4, -0.2) is 75.2 Å². The first kappa shape index (κ1) is 26.6. The number of aromatic nitrogens is 4. The molecule has 2 aromatic heterocycles. The van der Waals surface area contributed by atoms with Gasteiger partial charge in [-0.2, -0.15) is 9.97 Å². The normalized spacial score (nSPS) is 24.3. The number of nitrogens with two attached hydrogens (primary N) is 1. The van der Waals surface area contributed by atoms with Crippen LogP contribution in [0.15, 0.2) is 6.33 Å². The third kappa shape index (κ3) is 7.12. The van der Waals surface area contributed by atoms with Crippen LogP contribution >= 0.6 is 0 Å². The second-order valence-corrected chi connectivity index (χ2v) is 12.1. The number of imidazole rings is 1. The summed E-state index contributed by atoms with van der Waals surface area (Å²) in [7, 11) is 4.33. The van der Waals surface area contributed by atoms with E-state index in [2.05, 4.69) is 39.3 Å². The van der Waals surface area contributed by atoms with Crippen LogP contribution in [0.2, 0.25) is 0 Å². The van der Waals surface area contributed by atoms with Crippen molar-refractivity contribution in [1.82, 2.24) is 29.4 Å². The number of hydrogen-bond acceptors (Lipinski definition) is 8. The van der Waals surface area contributed by atoms with Crippen molar-refractivity contribution in [2.45, 2.75) is 108 Å². The molecule has 4 N–H and O–H groups in total. The molecule has 0 aromatic carbocycles. The van der Waals surface area contributed by atoms with E-state index in [-0.39, 0.29) is 0 Å². The van der Waals surface area contributed by atoms with Crippen LogP contribution in [0.1, 0.15) is 95.9 Å². The molecule has 5 rings (SSSR count). The van der Waals surface area contributed by atoms with Crippen molar-refractivity contribution in [3.8, 4) is 0 Å². The van der Waals surface area contributed by atoms with Gasteiger partial charge in [0.2, 0.25) is 5.95 Å². The van der Waals surface area contributed by atoms with Crippen LogP contribution in [0.5, 0.6) is 0 Å². The van der Waals surface area contributed by atoms with Gasteiger partial charge in [0.15, 0.2) is 17.0 Å². The largest absolute Gasteiger partial charge is 0.351 e. The first-order valence-electron chi connectivity index (χ1n) is 15.0. The van der Waals surface area contributed by atoms with Crippen molar-refractivity contribution in [3.63, 3.8) is 0 Å². The van der Waals surface area contributed by atoms with Gasteiger partial charge < -0.3 is 25.9 Å². The Morgan fingerprint density at radius 1 is 0.946 bits per heavy atom. The lowest BCUT2D eigenvalue weighted by Gasteiger charge is -2.32. The van der Waals surface area contributed by atoms with Gasteiger partial charge in [-0.25, -0.2) is 9.99 Å². The predicted octanol–water partition coefficient (Wildman–Crippen LogP) is 4.78. The monoisotopic (exact) mass is 511 g/mol. The molecular formula is C28H49N9. The molecule has 206 valence electrons. The Morgan fingerprint density at radius 3 is 2.43 bits per heavy atom. The van der Waals surface area contributed by atoms with E-state index in [1.54, 1.807) is 0 Å². The van der Waals surface area contributed by atoms with Crippen molar-refractivity contribution < 1.29 is 0 Å². The fourth-order valence-electron chi connectivity index (χ4n) is 6.48. The van der Waals surface area contributed by atoms with Crippen LogP contribution in [0.25, 0.3) is 11.2 Å². The molecule has 0 spiro atoms. The van der Waals surface area contributed by atoms with Crippen LogP contribution < -0.4 is 16.5 Å². The molecule has 3 heterocycles. The molecule has 37 heavy (non-hydrogen) atoms. The van der Waals surface area contributed by atoms with Gasteiger partial charge >= 0.3 is 0 Å². The highest BCUT2D eigenvalue weighted by Crippen LogP contribution is 2.34. The molecule has 0 unspecified atom stereocenters. The predicted molar refractivity (Wildman–Crippen MR) is 152 cm³/mol. The number of fused-ring (bicyclic) bond motifs is 1. The third-order valence-corrected chi connectivity index (χ3v) is 8.84. The SMILES string of the molecule is CN(C)CCCCCC1CCN(Nc2nc(NC3CCC(N)CC3)nc3c2ncn3C2CCCC2)CC1. The number of hydrazine groups is 1. The minimum absolute atomic E-state index is 0.337. The lowest BCUT2D eigenvalue weighted by atomic mass is 9.92. The molecule has 3 aliphatic rings. The number of piperidine rings is 1. The van der Waals surface area contributed by atoms with E-state index in [9.17, 15) is 0 Å². The van der Waals surface area contributed by atoms with Crippen molar-refractivity contribution in [2.24, 2.45) is 11.7 Å². The fraction of sp³-hybridized carbons (Fsp3) is 0.821. The maximum Gasteiger partial charge on any atom is 0.227 e. The standard InChI is InChI=1S/C28H49N9/c1-35(2)17-7-3-4-8-21-15-18-36(19-16-21)34-26-25-27(37(20-30-25)24-9-5-6-10-24)33-28(32-26)31-23-13-11-22(29)12-14-23/h20-24H,3-19,29H2,1-2H3,(H2,31,32,33,34). The van der Waals surface area contributed by atoms with E-state index in [1.165, 1.54) is 70.8 Å². The molecule has 2 aliphatic carbocycles. The lowest BCUT2D eigenvalue weighted by Crippen LogP contribution is -2.38. The molecule has 9 nitrogen and oxygen atoms in total. The van der Waals surface area contributed by atoms with E-state index in [4.69, 9.17) is 20.7 Å². The van der Waals surface area contributed by atoms with E-state index in [0.717, 1.165) is 67.6 Å². The maximum absolute atomic E-state index is 6.14. The summed E-state index contributed by atoms with van der Waals surface area (Å²) in [6.45, 7) is 3.32. The zero-order valence-corrected chi connectivity index (χ0v) is 23.2. The molecule has 2 aromatic rings. The summed E-state index contributed by atoms with van der Waals surface area (Å²) in [5, 5.41) is 6.00. The highest BCUT2D eigenvalue weighted by Gasteiger charge is 2.25. The molecule has 0 atom stereocenters. The zero-order chi connectivity index (χ0) is 25.6. The highest BCUT2D eigenvalue weighted by molar-refractivity contribution is 5.84. The average Bonchev–Trinajstić information content (AvgIpc) is 3.56. The Kier molecular flexibility index (Phi) is 9.15. The molecule has 1 aliphatic heterocycles. The smallest absolute Gasteiger partial charge is 0.227 e. The summed E-state index contributed by atoms with van der Waals surface area (Å²) in [4.78, 5) is 17.1. The minimum Gasteiger partial charge on any atom is -0.351 e. The average molecular weight is 512 g/mol. The number of hydrogen-bond donors (Lipinski definition) is 3. The Bertz CT molecular complexity index is 967. The summed E-state index contributed by atoms with van der Waals surface area (Å²) in [5.41, 5.74) is 11.7. The molecule has 0 radical (unpaired) electrons. The topological polar surface area (TPSA) is 100 Å². The summed E-state index contributed by atoms with van der Waals surface area (Å²) in [5.74, 6) is 2.42. The molecule has 9 heteroatoms.